The number of ether oxygens (including phenoxy) is 1. The van der Waals surface area contributed by atoms with Crippen molar-refractivity contribution in [3.8, 4) is 0 Å². The molecule has 0 saturated heterocycles. The summed E-state index contributed by atoms with van der Waals surface area (Å²) < 4.78 is 31.4. The van der Waals surface area contributed by atoms with E-state index in [1.807, 2.05) is 0 Å². The number of hydrogen-bond donors (Lipinski definition) is 1. The summed E-state index contributed by atoms with van der Waals surface area (Å²) in [4.78, 5) is 12.2. The van der Waals surface area contributed by atoms with Crippen LogP contribution >= 0.6 is 0 Å². The van der Waals surface area contributed by atoms with Gasteiger partial charge < -0.3 is 14.7 Å². The molecule has 16 heavy (non-hydrogen) atoms. The predicted octanol–water partition coefficient (Wildman–Crippen LogP) is 1.06. The number of hydrogen-bond acceptors (Lipinski definition) is 3. The van der Waals surface area contributed by atoms with Crippen molar-refractivity contribution in [1.29, 1.82) is 0 Å². The molecule has 0 aromatic carbocycles. The Morgan fingerprint density at radius 2 is 2.06 bits per heavy atom. The molecular formula is C10H17F2NO3. The van der Waals surface area contributed by atoms with Gasteiger partial charge in [-0.1, -0.05) is 0 Å². The van der Waals surface area contributed by atoms with Crippen LogP contribution in [0.25, 0.3) is 0 Å². The fourth-order valence-corrected chi connectivity index (χ4v) is 1.72. The van der Waals surface area contributed by atoms with Crippen LogP contribution in [0, 0.1) is 5.41 Å². The highest BCUT2D eigenvalue weighted by molar-refractivity contribution is 5.71. The number of carbonyl (C=O) groups is 1. The molecule has 0 spiro atoms. The molecule has 0 amide bonds. The van der Waals surface area contributed by atoms with Gasteiger partial charge in [-0.05, 0) is 21.0 Å². The zero-order valence-corrected chi connectivity index (χ0v) is 9.67. The summed E-state index contributed by atoms with van der Waals surface area (Å²) in [6, 6.07) is 0. The van der Waals surface area contributed by atoms with Crippen LogP contribution in [0.4, 0.5) is 8.78 Å². The fourth-order valence-electron chi connectivity index (χ4n) is 1.72. The normalized spacial score (nSPS) is 29.1. The minimum atomic E-state index is -2.74. The zero-order valence-electron chi connectivity index (χ0n) is 9.67. The summed E-state index contributed by atoms with van der Waals surface area (Å²) in [5, 5.41) is 8.59. The van der Waals surface area contributed by atoms with E-state index in [1.54, 1.807) is 19.0 Å². The number of rotatable bonds is 6. The van der Waals surface area contributed by atoms with E-state index in [1.165, 1.54) is 6.92 Å². The Balaban J connectivity index is 2.52. The molecule has 0 aliphatic heterocycles. The maximum absolute atomic E-state index is 13.2. The molecular weight excluding hydrogens is 220 g/mol. The maximum atomic E-state index is 13.2. The molecule has 0 aromatic rings. The summed E-state index contributed by atoms with van der Waals surface area (Å²) in [5.74, 6) is -3.88. The van der Waals surface area contributed by atoms with E-state index in [-0.39, 0.29) is 19.6 Å². The van der Waals surface area contributed by atoms with Gasteiger partial charge in [-0.3, -0.25) is 0 Å². The Hall–Kier alpha value is -0.750. The minimum absolute atomic E-state index is 0.201. The first-order valence-electron chi connectivity index (χ1n) is 5.07. The Morgan fingerprint density at radius 3 is 2.38 bits per heavy atom. The highest BCUT2D eigenvalue weighted by atomic mass is 19.3. The fraction of sp³-hybridized carbons (Fsp3) is 0.900. The van der Waals surface area contributed by atoms with Crippen LogP contribution in [-0.2, 0) is 9.53 Å². The van der Waals surface area contributed by atoms with Gasteiger partial charge in [-0.15, -0.1) is 0 Å². The van der Waals surface area contributed by atoms with E-state index in [0.29, 0.717) is 0 Å². The van der Waals surface area contributed by atoms with Gasteiger partial charge in [0.25, 0.3) is 5.92 Å². The largest absolute Gasteiger partial charge is 0.479 e. The lowest BCUT2D eigenvalue weighted by Gasteiger charge is -2.21. The van der Waals surface area contributed by atoms with Crippen molar-refractivity contribution < 1.29 is 23.4 Å². The van der Waals surface area contributed by atoms with Crippen LogP contribution in [0.5, 0.6) is 0 Å². The third-order valence-corrected chi connectivity index (χ3v) is 2.79. The quantitative estimate of drug-likeness (QED) is 0.750. The summed E-state index contributed by atoms with van der Waals surface area (Å²) in [7, 11) is 3.41. The molecule has 0 radical (unpaired) electrons. The maximum Gasteiger partial charge on any atom is 0.332 e. The first-order chi connectivity index (χ1) is 7.20. The first-order valence-corrected chi connectivity index (χ1v) is 5.07. The van der Waals surface area contributed by atoms with Gasteiger partial charge in [0, 0.05) is 13.0 Å². The van der Waals surface area contributed by atoms with Gasteiger partial charge in [-0.25, -0.2) is 13.6 Å². The second kappa shape index (κ2) is 4.25. The van der Waals surface area contributed by atoms with Crippen molar-refractivity contribution >= 4 is 5.97 Å². The predicted molar refractivity (Wildman–Crippen MR) is 53.6 cm³/mol. The molecule has 1 fully saturated rings. The van der Waals surface area contributed by atoms with Crippen LogP contribution in [-0.4, -0.2) is 55.2 Å². The van der Waals surface area contributed by atoms with Gasteiger partial charge in [0.05, 0.1) is 12.0 Å². The van der Waals surface area contributed by atoms with E-state index in [9.17, 15) is 13.6 Å². The highest BCUT2D eigenvalue weighted by Crippen LogP contribution is 2.60. The van der Waals surface area contributed by atoms with Crippen LogP contribution in [0.15, 0.2) is 0 Å². The Labute approximate surface area is 93.2 Å². The topological polar surface area (TPSA) is 49.8 Å². The SMILES string of the molecule is CC(OC[C@]1(CN(C)C)CC1(F)F)C(=O)O. The number of nitrogens with zero attached hydrogens (tertiary/aromatic N) is 1. The Bertz CT molecular complexity index is 283. The van der Waals surface area contributed by atoms with Crippen molar-refractivity contribution in [3.63, 3.8) is 0 Å². The minimum Gasteiger partial charge on any atom is -0.479 e. The van der Waals surface area contributed by atoms with Crippen molar-refractivity contribution in [3.05, 3.63) is 0 Å². The van der Waals surface area contributed by atoms with Crippen LogP contribution in [0.1, 0.15) is 13.3 Å². The molecule has 94 valence electrons. The van der Waals surface area contributed by atoms with Crippen molar-refractivity contribution in [2.24, 2.45) is 5.41 Å². The lowest BCUT2D eigenvalue weighted by Crippen LogP contribution is -2.34. The molecule has 1 rings (SSSR count). The molecule has 1 unspecified atom stereocenters. The average molecular weight is 237 g/mol. The number of carboxylic acids is 1. The number of halogens is 2. The average Bonchev–Trinajstić information content (AvgIpc) is 2.62. The molecule has 1 N–H and O–H groups in total. The van der Waals surface area contributed by atoms with Crippen LogP contribution in [0.2, 0.25) is 0 Å². The van der Waals surface area contributed by atoms with Gasteiger partial charge in [0.2, 0.25) is 0 Å². The van der Waals surface area contributed by atoms with Gasteiger partial charge in [0.15, 0.2) is 6.10 Å². The number of carboxylic acid groups (broad SMARTS) is 1. The first kappa shape index (κ1) is 13.3. The third-order valence-electron chi connectivity index (χ3n) is 2.79. The van der Waals surface area contributed by atoms with Gasteiger partial charge in [-0.2, -0.15) is 0 Å². The lowest BCUT2D eigenvalue weighted by molar-refractivity contribution is -0.151. The molecule has 1 aliphatic rings. The molecule has 0 heterocycles. The number of aliphatic carboxylic acids is 1. The Kier molecular flexibility index (Phi) is 3.54. The van der Waals surface area contributed by atoms with E-state index < -0.39 is 23.4 Å². The van der Waals surface area contributed by atoms with Crippen molar-refractivity contribution in [2.45, 2.75) is 25.4 Å². The molecule has 0 bridgehead atoms. The highest BCUT2D eigenvalue weighted by Gasteiger charge is 2.71. The van der Waals surface area contributed by atoms with Gasteiger partial charge in [0.1, 0.15) is 0 Å². The third kappa shape index (κ3) is 2.68. The monoisotopic (exact) mass is 237 g/mol. The van der Waals surface area contributed by atoms with Crippen LogP contribution in [0.3, 0.4) is 0 Å². The standard InChI is InChI=1S/C10H17F2NO3/c1-7(8(14)15)16-6-9(5-13(2)3)4-10(9,11)12/h7H,4-6H2,1-3H3,(H,14,15)/t7?,9-/m1/s1. The molecule has 6 heteroatoms. The smallest absolute Gasteiger partial charge is 0.332 e. The summed E-state index contributed by atoms with van der Waals surface area (Å²) in [6.07, 6.45) is -1.28. The summed E-state index contributed by atoms with van der Waals surface area (Å²) in [5.41, 5.74) is -1.21. The van der Waals surface area contributed by atoms with E-state index in [2.05, 4.69) is 0 Å². The van der Waals surface area contributed by atoms with E-state index in [0.717, 1.165) is 0 Å². The van der Waals surface area contributed by atoms with Crippen molar-refractivity contribution in [1.82, 2.24) is 4.90 Å². The Morgan fingerprint density at radius 1 is 1.56 bits per heavy atom. The lowest BCUT2D eigenvalue weighted by atomic mass is 10.1. The summed E-state index contributed by atoms with van der Waals surface area (Å²) in [6.45, 7) is 1.32. The van der Waals surface area contributed by atoms with E-state index >= 15 is 0 Å². The molecule has 1 saturated carbocycles. The van der Waals surface area contributed by atoms with Crippen LogP contribution < -0.4 is 0 Å². The van der Waals surface area contributed by atoms with Crippen molar-refractivity contribution in [2.75, 3.05) is 27.2 Å². The van der Waals surface area contributed by atoms with Gasteiger partial charge >= 0.3 is 5.97 Å². The number of alkyl halides is 2. The second-order valence-electron chi connectivity index (χ2n) is 4.69. The summed E-state index contributed by atoms with van der Waals surface area (Å²) >= 11 is 0. The zero-order chi connectivity index (χ0) is 12.6. The molecule has 4 nitrogen and oxygen atoms in total. The second-order valence-corrected chi connectivity index (χ2v) is 4.69. The van der Waals surface area contributed by atoms with E-state index in [4.69, 9.17) is 9.84 Å². The molecule has 2 atom stereocenters. The molecule has 1 aliphatic carbocycles. The molecule has 0 aromatic heterocycles.